The van der Waals surface area contributed by atoms with Crippen LogP contribution in [0.3, 0.4) is 0 Å². The lowest BCUT2D eigenvalue weighted by Gasteiger charge is -2.13. The van der Waals surface area contributed by atoms with Gasteiger partial charge in [0.25, 0.3) is 0 Å². The van der Waals surface area contributed by atoms with Crippen molar-refractivity contribution in [1.82, 2.24) is 10.2 Å². The predicted octanol–water partition coefficient (Wildman–Crippen LogP) is 0.784. The highest BCUT2D eigenvalue weighted by atomic mass is 16.5. The maximum absolute atomic E-state index is 11.8. The van der Waals surface area contributed by atoms with E-state index in [1.165, 1.54) is 7.11 Å². The van der Waals surface area contributed by atoms with Crippen molar-refractivity contribution in [3.63, 3.8) is 0 Å². The summed E-state index contributed by atoms with van der Waals surface area (Å²) in [4.78, 5) is 11.8. The van der Waals surface area contributed by atoms with Gasteiger partial charge in [-0.25, -0.2) is 0 Å². The number of carbonyl (C=O) groups is 1. The SMILES string of the molecule is COCC(N)C(=O)Nc1cc2[nH]ncc2cc1C. The van der Waals surface area contributed by atoms with Crippen molar-refractivity contribution in [2.24, 2.45) is 5.73 Å². The minimum Gasteiger partial charge on any atom is -0.383 e. The van der Waals surface area contributed by atoms with Crippen molar-refractivity contribution < 1.29 is 9.53 Å². The van der Waals surface area contributed by atoms with E-state index in [1.807, 2.05) is 19.1 Å². The predicted molar refractivity (Wildman–Crippen MR) is 69.3 cm³/mol. The smallest absolute Gasteiger partial charge is 0.243 e. The molecule has 2 rings (SSSR count). The first-order valence-corrected chi connectivity index (χ1v) is 5.61. The third-order valence-corrected chi connectivity index (χ3v) is 2.73. The number of aromatic amines is 1. The summed E-state index contributed by atoms with van der Waals surface area (Å²) in [7, 11) is 1.51. The summed E-state index contributed by atoms with van der Waals surface area (Å²) < 4.78 is 4.85. The highest BCUT2D eigenvalue weighted by Crippen LogP contribution is 2.21. The standard InChI is InChI=1S/C12H16N4O2/c1-7-3-8-5-14-16-11(8)4-10(7)15-12(17)9(13)6-18-2/h3-5,9H,6,13H2,1-2H3,(H,14,16)(H,15,17). The number of amides is 1. The maximum Gasteiger partial charge on any atom is 0.243 e. The van der Waals surface area contributed by atoms with Crippen LogP contribution in [0.1, 0.15) is 5.56 Å². The Morgan fingerprint density at radius 3 is 3.11 bits per heavy atom. The Morgan fingerprint density at radius 2 is 2.39 bits per heavy atom. The first-order valence-electron chi connectivity index (χ1n) is 5.61. The van der Waals surface area contributed by atoms with Crippen LogP contribution < -0.4 is 11.1 Å². The Morgan fingerprint density at radius 1 is 1.61 bits per heavy atom. The van der Waals surface area contributed by atoms with Crippen molar-refractivity contribution in [2.75, 3.05) is 19.0 Å². The van der Waals surface area contributed by atoms with Crippen LogP contribution in [-0.4, -0.2) is 35.9 Å². The number of rotatable bonds is 4. The van der Waals surface area contributed by atoms with Gasteiger partial charge in [0, 0.05) is 18.2 Å². The number of fused-ring (bicyclic) bond motifs is 1. The van der Waals surface area contributed by atoms with Crippen molar-refractivity contribution in [3.05, 3.63) is 23.9 Å². The summed E-state index contributed by atoms with van der Waals surface area (Å²) in [6, 6.07) is 3.12. The minimum absolute atomic E-state index is 0.192. The average molecular weight is 248 g/mol. The lowest BCUT2D eigenvalue weighted by atomic mass is 10.1. The molecule has 2 aromatic rings. The number of aryl methyl sites for hydroxylation is 1. The van der Waals surface area contributed by atoms with Gasteiger partial charge < -0.3 is 15.8 Å². The van der Waals surface area contributed by atoms with Gasteiger partial charge in [-0.2, -0.15) is 5.10 Å². The number of methoxy groups -OCH3 is 1. The quantitative estimate of drug-likeness (QED) is 0.745. The van der Waals surface area contributed by atoms with Crippen LogP contribution in [0.5, 0.6) is 0 Å². The topological polar surface area (TPSA) is 93.0 Å². The summed E-state index contributed by atoms with van der Waals surface area (Å²) in [6.45, 7) is 2.11. The summed E-state index contributed by atoms with van der Waals surface area (Å²) in [6.07, 6.45) is 1.74. The molecule has 0 spiro atoms. The van der Waals surface area contributed by atoms with Gasteiger partial charge in [0.1, 0.15) is 6.04 Å². The van der Waals surface area contributed by atoms with Crippen LogP contribution in [0.4, 0.5) is 5.69 Å². The molecule has 18 heavy (non-hydrogen) atoms. The summed E-state index contributed by atoms with van der Waals surface area (Å²) in [5.41, 5.74) is 8.22. The van der Waals surface area contributed by atoms with Gasteiger partial charge in [0.15, 0.2) is 0 Å². The molecule has 0 saturated heterocycles. The highest BCUT2D eigenvalue weighted by Gasteiger charge is 2.14. The lowest BCUT2D eigenvalue weighted by molar-refractivity contribution is -0.118. The molecule has 1 atom stereocenters. The molecular formula is C12H16N4O2. The molecule has 0 saturated carbocycles. The van der Waals surface area contributed by atoms with Crippen molar-refractivity contribution >= 4 is 22.5 Å². The second-order valence-corrected chi connectivity index (χ2v) is 4.18. The second-order valence-electron chi connectivity index (χ2n) is 4.18. The van der Waals surface area contributed by atoms with E-state index in [2.05, 4.69) is 15.5 Å². The fourth-order valence-corrected chi connectivity index (χ4v) is 1.72. The Balaban J connectivity index is 2.20. The van der Waals surface area contributed by atoms with Gasteiger partial charge in [0.05, 0.1) is 18.3 Å². The Hall–Kier alpha value is -1.92. The van der Waals surface area contributed by atoms with Gasteiger partial charge in [-0.15, -0.1) is 0 Å². The Labute approximate surface area is 104 Å². The van der Waals surface area contributed by atoms with Crippen LogP contribution in [0, 0.1) is 6.92 Å². The van der Waals surface area contributed by atoms with E-state index < -0.39 is 6.04 Å². The van der Waals surface area contributed by atoms with E-state index in [0.29, 0.717) is 0 Å². The van der Waals surface area contributed by atoms with E-state index in [-0.39, 0.29) is 12.5 Å². The number of benzene rings is 1. The number of H-pyrrole nitrogens is 1. The number of carbonyl (C=O) groups excluding carboxylic acids is 1. The molecule has 0 aliphatic heterocycles. The van der Waals surface area contributed by atoms with E-state index in [0.717, 1.165) is 22.2 Å². The van der Waals surface area contributed by atoms with Crippen molar-refractivity contribution in [2.45, 2.75) is 13.0 Å². The molecule has 1 aromatic heterocycles. The van der Waals surface area contributed by atoms with E-state index >= 15 is 0 Å². The fraction of sp³-hybridized carbons (Fsp3) is 0.333. The molecule has 1 heterocycles. The van der Waals surface area contributed by atoms with Gasteiger partial charge >= 0.3 is 0 Å². The average Bonchev–Trinajstić information content (AvgIpc) is 2.76. The number of hydrogen-bond donors (Lipinski definition) is 3. The van der Waals surface area contributed by atoms with Crippen LogP contribution >= 0.6 is 0 Å². The number of nitrogens with one attached hydrogen (secondary N) is 2. The normalized spacial score (nSPS) is 12.6. The molecule has 0 fully saturated rings. The molecule has 96 valence electrons. The third-order valence-electron chi connectivity index (χ3n) is 2.73. The number of nitrogens with two attached hydrogens (primary N) is 1. The molecule has 6 nitrogen and oxygen atoms in total. The largest absolute Gasteiger partial charge is 0.383 e. The molecule has 0 aliphatic carbocycles. The molecule has 0 radical (unpaired) electrons. The second kappa shape index (κ2) is 5.16. The van der Waals surface area contributed by atoms with Gasteiger partial charge in [0.2, 0.25) is 5.91 Å². The fourth-order valence-electron chi connectivity index (χ4n) is 1.72. The number of ether oxygens (including phenoxy) is 1. The zero-order valence-corrected chi connectivity index (χ0v) is 10.4. The van der Waals surface area contributed by atoms with Gasteiger partial charge in [-0.1, -0.05) is 0 Å². The van der Waals surface area contributed by atoms with Gasteiger partial charge in [-0.3, -0.25) is 9.89 Å². The highest BCUT2D eigenvalue weighted by molar-refractivity contribution is 5.97. The zero-order chi connectivity index (χ0) is 13.1. The summed E-state index contributed by atoms with van der Waals surface area (Å²) in [5.74, 6) is -0.265. The molecule has 6 heteroatoms. The molecule has 1 amide bonds. The van der Waals surface area contributed by atoms with Crippen LogP contribution in [0.25, 0.3) is 10.9 Å². The lowest BCUT2D eigenvalue weighted by Crippen LogP contribution is -2.39. The number of aromatic nitrogens is 2. The van der Waals surface area contributed by atoms with Crippen LogP contribution in [-0.2, 0) is 9.53 Å². The summed E-state index contributed by atoms with van der Waals surface area (Å²) in [5, 5.41) is 10.6. The molecular weight excluding hydrogens is 232 g/mol. The molecule has 0 bridgehead atoms. The van der Waals surface area contributed by atoms with Crippen LogP contribution in [0.15, 0.2) is 18.3 Å². The minimum atomic E-state index is -0.674. The monoisotopic (exact) mass is 248 g/mol. The van der Waals surface area contributed by atoms with E-state index in [4.69, 9.17) is 10.5 Å². The van der Waals surface area contributed by atoms with Crippen molar-refractivity contribution in [1.29, 1.82) is 0 Å². The number of nitrogens with zero attached hydrogens (tertiary/aromatic N) is 1. The van der Waals surface area contributed by atoms with Crippen LogP contribution in [0.2, 0.25) is 0 Å². The molecule has 0 aliphatic rings. The Kier molecular flexibility index (Phi) is 3.59. The maximum atomic E-state index is 11.8. The van der Waals surface area contributed by atoms with Gasteiger partial charge in [-0.05, 0) is 24.6 Å². The molecule has 4 N–H and O–H groups in total. The molecule has 1 unspecified atom stereocenters. The first kappa shape index (κ1) is 12.5. The zero-order valence-electron chi connectivity index (χ0n) is 10.4. The number of hydrogen-bond acceptors (Lipinski definition) is 4. The first-order chi connectivity index (χ1) is 8.61. The third kappa shape index (κ3) is 2.49. The molecule has 1 aromatic carbocycles. The van der Waals surface area contributed by atoms with E-state index in [9.17, 15) is 4.79 Å². The number of anilines is 1. The van der Waals surface area contributed by atoms with E-state index in [1.54, 1.807) is 6.20 Å². The van der Waals surface area contributed by atoms with Crippen molar-refractivity contribution in [3.8, 4) is 0 Å². The Bertz CT molecular complexity index is 564. The summed E-state index contributed by atoms with van der Waals surface area (Å²) >= 11 is 0.